The van der Waals surface area contributed by atoms with Gasteiger partial charge in [-0.2, -0.15) is 0 Å². The molecule has 0 radical (unpaired) electrons. The third kappa shape index (κ3) is 4.73. The molecule has 2 rings (SSSR count). The maximum Gasteiger partial charge on any atom is 0.316 e. The second-order valence-corrected chi connectivity index (χ2v) is 6.46. The van der Waals surface area contributed by atoms with Crippen LogP contribution in [0.4, 0.5) is 4.79 Å². The molecule has 0 saturated carbocycles. The topological polar surface area (TPSA) is 35.6 Å². The number of benzene rings is 1. The lowest BCUT2D eigenvalue weighted by Gasteiger charge is -2.31. The molecule has 1 aromatic carbocycles. The zero-order valence-electron chi connectivity index (χ0n) is 14.1. The number of hydrogen-bond acceptors (Lipinski definition) is 2. The number of rotatable bonds is 4. The standard InChI is InChI=1S/C18H29N3O/c1-15-8-10-16(11-9-15)17(14-19-18(22)20(2)3)21-12-6-4-5-7-13-21/h8-11,17H,4-7,12-14H2,1-3H3,(H,19,22). The molecule has 1 unspecified atom stereocenters. The molecule has 1 aliphatic rings. The second kappa shape index (κ2) is 8.18. The number of nitrogens with zero attached hydrogens (tertiary/aromatic N) is 2. The summed E-state index contributed by atoms with van der Waals surface area (Å²) in [5.41, 5.74) is 2.57. The van der Waals surface area contributed by atoms with Gasteiger partial charge in [0.15, 0.2) is 0 Å². The second-order valence-electron chi connectivity index (χ2n) is 6.46. The molecule has 1 aliphatic heterocycles. The highest BCUT2D eigenvalue weighted by Crippen LogP contribution is 2.24. The van der Waals surface area contributed by atoms with Crippen LogP contribution in [-0.4, -0.2) is 49.6 Å². The van der Waals surface area contributed by atoms with Crippen molar-refractivity contribution < 1.29 is 4.79 Å². The lowest BCUT2D eigenvalue weighted by molar-refractivity contribution is 0.188. The first kappa shape index (κ1) is 16.8. The fraction of sp³-hybridized carbons (Fsp3) is 0.611. The Balaban J connectivity index is 2.11. The van der Waals surface area contributed by atoms with E-state index in [9.17, 15) is 4.79 Å². The number of aryl methyl sites for hydroxylation is 1. The average Bonchev–Trinajstić information content (AvgIpc) is 2.78. The maximum atomic E-state index is 11.9. The van der Waals surface area contributed by atoms with Crippen molar-refractivity contribution >= 4 is 6.03 Å². The van der Waals surface area contributed by atoms with Gasteiger partial charge in [0.05, 0.1) is 6.04 Å². The summed E-state index contributed by atoms with van der Waals surface area (Å²) in [6.45, 7) is 5.02. The fourth-order valence-corrected chi connectivity index (χ4v) is 3.00. The van der Waals surface area contributed by atoms with E-state index in [0.29, 0.717) is 6.54 Å². The number of urea groups is 1. The minimum Gasteiger partial charge on any atom is -0.336 e. The Morgan fingerprint density at radius 1 is 1.14 bits per heavy atom. The molecule has 1 aromatic rings. The van der Waals surface area contributed by atoms with Gasteiger partial charge in [-0.3, -0.25) is 4.90 Å². The van der Waals surface area contributed by atoms with Gasteiger partial charge in [0.1, 0.15) is 0 Å². The Labute approximate surface area is 134 Å². The summed E-state index contributed by atoms with van der Waals surface area (Å²) in [5.74, 6) is 0. The molecule has 2 amide bonds. The molecule has 0 aliphatic carbocycles. The van der Waals surface area contributed by atoms with Crippen LogP contribution in [0.25, 0.3) is 0 Å². The summed E-state index contributed by atoms with van der Waals surface area (Å²) in [7, 11) is 3.56. The Morgan fingerprint density at radius 3 is 2.27 bits per heavy atom. The molecule has 0 spiro atoms. The van der Waals surface area contributed by atoms with Crippen LogP contribution in [0, 0.1) is 6.92 Å². The molecule has 22 heavy (non-hydrogen) atoms. The molecule has 1 fully saturated rings. The summed E-state index contributed by atoms with van der Waals surface area (Å²) in [5, 5.41) is 3.06. The molecule has 1 atom stereocenters. The van der Waals surface area contributed by atoms with Gasteiger partial charge >= 0.3 is 6.03 Å². The van der Waals surface area contributed by atoms with E-state index in [1.807, 2.05) is 0 Å². The van der Waals surface area contributed by atoms with Crippen molar-refractivity contribution in [2.45, 2.75) is 38.6 Å². The fourth-order valence-electron chi connectivity index (χ4n) is 3.00. The first-order chi connectivity index (χ1) is 10.6. The highest BCUT2D eigenvalue weighted by molar-refractivity contribution is 5.73. The van der Waals surface area contributed by atoms with Gasteiger partial charge < -0.3 is 10.2 Å². The number of carbonyl (C=O) groups is 1. The monoisotopic (exact) mass is 303 g/mol. The van der Waals surface area contributed by atoms with E-state index in [4.69, 9.17) is 0 Å². The molecule has 0 aromatic heterocycles. The highest BCUT2D eigenvalue weighted by Gasteiger charge is 2.22. The predicted molar refractivity (Wildman–Crippen MR) is 91.0 cm³/mol. The molecule has 1 saturated heterocycles. The van der Waals surface area contributed by atoms with Gasteiger partial charge in [-0.25, -0.2) is 4.79 Å². The summed E-state index contributed by atoms with van der Waals surface area (Å²) < 4.78 is 0. The Bertz CT molecular complexity index is 462. The van der Waals surface area contributed by atoms with Gasteiger partial charge in [0.25, 0.3) is 0 Å². The molecule has 1 heterocycles. The van der Waals surface area contributed by atoms with Gasteiger partial charge in [0, 0.05) is 20.6 Å². The van der Waals surface area contributed by atoms with Gasteiger partial charge in [-0.1, -0.05) is 42.7 Å². The number of likely N-dealkylation sites (tertiary alicyclic amines) is 1. The van der Waals surface area contributed by atoms with Crippen LogP contribution < -0.4 is 5.32 Å². The van der Waals surface area contributed by atoms with E-state index in [1.54, 1.807) is 19.0 Å². The molecular weight excluding hydrogens is 274 g/mol. The first-order valence-electron chi connectivity index (χ1n) is 8.33. The summed E-state index contributed by atoms with van der Waals surface area (Å²) in [6, 6.07) is 8.97. The minimum absolute atomic E-state index is 0.0214. The number of carbonyl (C=O) groups excluding carboxylic acids is 1. The Hall–Kier alpha value is -1.55. The van der Waals surface area contributed by atoms with E-state index in [-0.39, 0.29) is 12.1 Å². The van der Waals surface area contributed by atoms with Crippen LogP contribution >= 0.6 is 0 Å². The zero-order valence-corrected chi connectivity index (χ0v) is 14.1. The molecular formula is C18H29N3O. The van der Waals surface area contributed by atoms with E-state index in [2.05, 4.69) is 41.4 Å². The van der Waals surface area contributed by atoms with Crippen molar-refractivity contribution in [1.29, 1.82) is 0 Å². The minimum atomic E-state index is -0.0214. The van der Waals surface area contributed by atoms with Crippen molar-refractivity contribution in [3.8, 4) is 0 Å². The predicted octanol–water partition coefficient (Wildman–Crippen LogP) is 3.18. The van der Waals surface area contributed by atoms with Crippen LogP contribution in [0.5, 0.6) is 0 Å². The molecule has 1 N–H and O–H groups in total. The smallest absolute Gasteiger partial charge is 0.316 e. The van der Waals surface area contributed by atoms with Crippen molar-refractivity contribution in [1.82, 2.24) is 15.1 Å². The average molecular weight is 303 g/mol. The van der Waals surface area contributed by atoms with E-state index in [0.717, 1.165) is 13.1 Å². The van der Waals surface area contributed by atoms with E-state index < -0.39 is 0 Å². The van der Waals surface area contributed by atoms with Crippen LogP contribution in [0.15, 0.2) is 24.3 Å². The molecule has 4 heteroatoms. The zero-order chi connectivity index (χ0) is 15.9. The largest absolute Gasteiger partial charge is 0.336 e. The number of nitrogens with one attached hydrogen (secondary N) is 1. The molecule has 122 valence electrons. The Kier molecular flexibility index (Phi) is 6.25. The SMILES string of the molecule is Cc1ccc(C(CNC(=O)N(C)C)N2CCCCCC2)cc1. The van der Waals surface area contributed by atoms with Crippen molar-refractivity contribution in [3.05, 3.63) is 35.4 Å². The van der Waals surface area contributed by atoms with Gasteiger partial charge in [0.2, 0.25) is 0 Å². The quantitative estimate of drug-likeness (QED) is 0.927. The van der Waals surface area contributed by atoms with E-state index >= 15 is 0 Å². The number of hydrogen-bond donors (Lipinski definition) is 1. The maximum absolute atomic E-state index is 11.9. The summed E-state index contributed by atoms with van der Waals surface area (Å²) >= 11 is 0. The van der Waals surface area contributed by atoms with Crippen LogP contribution in [-0.2, 0) is 0 Å². The van der Waals surface area contributed by atoms with Crippen molar-refractivity contribution in [2.24, 2.45) is 0 Å². The lowest BCUT2D eigenvalue weighted by Crippen LogP contribution is -2.42. The highest BCUT2D eigenvalue weighted by atomic mass is 16.2. The molecule has 0 bridgehead atoms. The summed E-state index contributed by atoms with van der Waals surface area (Å²) in [4.78, 5) is 16.0. The lowest BCUT2D eigenvalue weighted by atomic mass is 10.0. The van der Waals surface area contributed by atoms with Crippen molar-refractivity contribution in [2.75, 3.05) is 33.7 Å². The third-order valence-corrected chi connectivity index (χ3v) is 4.40. The molecule has 4 nitrogen and oxygen atoms in total. The van der Waals surface area contributed by atoms with Crippen molar-refractivity contribution in [3.63, 3.8) is 0 Å². The van der Waals surface area contributed by atoms with Crippen LogP contribution in [0.1, 0.15) is 42.9 Å². The van der Waals surface area contributed by atoms with Crippen LogP contribution in [0.2, 0.25) is 0 Å². The third-order valence-electron chi connectivity index (χ3n) is 4.40. The Morgan fingerprint density at radius 2 is 1.73 bits per heavy atom. The summed E-state index contributed by atoms with van der Waals surface area (Å²) in [6.07, 6.45) is 5.15. The number of amides is 2. The normalized spacial score (nSPS) is 17.6. The van der Waals surface area contributed by atoms with Crippen LogP contribution in [0.3, 0.4) is 0 Å². The first-order valence-corrected chi connectivity index (χ1v) is 8.33. The van der Waals surface area contributed by atoms with E-state index in [1.165, 1.54) is 36.8 Å². The van der Waals surface area contributed by atoms with Gasteiger partial charge in [-0.05, 0) is 38.4 Å². The van der Waals surface area contributed by atoms with Gasteiger partial charge in [-0.15, -0.1) is 0 Å².